The Balaban J connectivity index is 0.00000121. The average molecular weight is 234 g/mol. The summed E-state index contributed by atoms with van der Waals surface area (Å²) < 4.78 is 0. The maximum absolute atomic E-state index is 4.25. The van der Waals surface area contributed by atoms with Crippen LogP contribution in [0.15, 0.2) is 35.3 Å². The van der Waals surface area contributed by atoms with Gasteiger partial charge in [0.2, 0.25) is 0 Å². The van der Waals surface area contributed by atoms with Crippen LogP contribution in [0.25, 0.3) is 0 Å². The molecule has 2 heteroatoms. The minimum absolute atomic E-state index is 0.480. The second-order valence-electron chi connectivity index (χ2n) is 3.98. The van der Waals surface area contributed by atoms with Crippen LogP contribution in [-0.2, 0) is 6.54 Å². The van der Waals surface area contributed by atoms with E-state index >= 15 is 0 Å². The Morgan fingerprint density at radius 3 is 2.12 bits per heavy atom. The van der Waals surface area contributed by atoms with Gasteiger partial charge >= 0.3 is 0 Å². The number of aliphatic imine (C=N–C) groups is 1. The normalized spacial score (nSPS) is 10.9. The molecule has 0 atom stereocenters. The quantitative estimate of drug-likeness (QED) is 0.570. The van der Waals surface area contributed by atoms with Crippen LogP contribution in [0.3, 0.4) is 0 Å². The first-order valence-electron chi connectivity index (χ1n) is 6.39. The third-order valence-corrected chi connectivity index (χ3v) is 2.56. The van der Waals surface area contributed by atoms with Gasteiger partial charge in [-0.3, -0.25) is 4.99 Å². The molecule has 0 aliphatic carbocycles. The minimum Gasteiger partial charge on any atom is -0.354 e. The number of benzene rings is 1. The highest BCUT2D eigenvalue weighted by molar-refractivity contribution is 5.79. The molecule has 0 fully saturated rings. The zero-order valence-corrected chi connectivity index (χ0v) is 12.1. The summed E-state index contributed by atoms with van der Waals surface area (Å²) in [7, 11) is 1.84. The van der Waals surface area contributed by atoms with E-state index < -0.39 is 0 Å². The predicted octanol–water partition coefficient (Wildman–Crippen LogP) is 3.97. The molecule has 0 amide bonds. The Hall–Kier alpha value is -1.31. The summed E-state index contributed by atoms with van der Waals surface area (Å²) in [6, 6.07) is 11.0. The summed E-state index contributed by atoms with van der Waals surface area (Å²) in [5.74, 6) is 1.09. The van der Waals surface area contributed by atoms with Crippen molar-refractivity contribution >= 4 is 5.84 Å². The van der Waals surface area contributed by atoms with Crippen LogP contribution in [0.5, 0.6) is 0 Å². The summed E-state index contributed by atoms with van der Waals surface area (Å²) in [4.78, 5) is 6.55. The SMILES string of the molecule is CC.CN=C(C)N(Cc1ccccc1)C(C)C. The maximum Gasteiger partial charge on any atom is 0.0959 e. The van der Waals surface area contributed by atoms with Crippen molar-refractivity contribution in [3.63, 3.8) is 0 Å². The molecule has 0 saturated carbocycles. The van der Waals surface area contributed by atoms with Crippen LogP contribution in [0.4, 0.5) is 0 Å². The molecule has 1 aromatic rings. The lowest BCUT2D eigenvalue weighted by molar-refractivity contribution is 0.340. The maximum atomic E-state index is 4.25. The Morgan fingerprint density at radius 1 is 1.18 bits per heavy atom. The van der Waals surface area contributed by atoms with Gasteiger partial charge in [0.15, 0.2) is 0 Å². The molecule has 0 aromatic heterocycles. The van der Waals surface area contributed by atoms with Crippen molar-refractivity contribution in [2.45, 2.75) is 47.2 Å². The van der Waals surface area contributed by atoms with E-state index in [4.69, 9.17) is 0 Å². The Morgan fingerprint density at radius 2 is 1.71 bits per heavy atom. The van der Waals surface area contributed by atoms with Gasteiger partial charge in [0, 0.05) is 19.6 Å². The van der Waals surface area contributed by atoms with Crippen molar-refractivity contribution in [3.05, 3.63) is 35.9 Å². The summed E-state index contributed by atoms with van der Waals surface area (Å²) in [5.41, 5.74) is 1.33. The van der Waals surface area contributed by atoms with Crippen molar-refractivity contribution in [2.24, 2.45) is 4.99 Å². The molecule has 0 saturated heterocycles. The third kappa shape index (κ3) is 5.53. The fourth-order valence-electron chi connectivity index (χ4n) is 1.58. The zero-order chi connectivity index (χ0) is 13.3. The highest BCUT2D eigenvalue weighted by atomic mass is 15.2. The second-order valence-corrected chi connectivity index (χ2v) is 3.98. The van der Waals surface area contributed by atoms with E-state index in [0.29, 0.717) is 6.04 Å². The van der Waals surface area contributed by atoms with E-state index in [2.05, 4.69) is 54.9 Å². The molecular formula is C15H26N2. The van der Waals surface area contributed by atoms with Gasteiger partial charge in [-0.2, -0.15) is 0 Å². The lowest BCUT2D eigenvalue weighted by Gasteiger charge is -2.28. The molecule has 0 spiro atoms. The molecule has 0 heterocycles. The summed E-state index contributed by atoms with van der Waals surface area (Å²) in [6.45, 7) is 11.4. The highest BCUT2D eigenvalue weighted by Gasteiger charge is 2.10. The molecule has 0 aliphatic heterocycles. The molecule has 1 aromatic carbocycles. The first kappa shape index (κ1) is 15.7. The highest BCUT2D eigenvalue weighted by Crippen LogP contribution is 2.08. The van der Waals surface area contributed by atoms with Crippen LogP contribution in [0.2, 0.25) is 0 Å². The number of hydrogen-bond acceptors (Lipinski definition) is 1. The van der Waals surface area contributed by atoms with Crippen molar-refractivity contribution in [2.75, 3.05) is 7.05 Å². The average Bonchev–Trinajstić information content (AvgIpc) is 2.38. The molecule has 0 unspecified atom stereocenters. The fraction of sp³-hybridized carbons (Fsp3) is 0.533. The Kier molecular flexibility index (Phi) is 8.12. The molecular weight excluding hydrogens is 208 g/mol. The molecule has 0 bridgehead atoms. The number of hydrogen-bond donors (Lipinski definition) is 0. The first-order valence-corrected chi connectivity index (χ1v) is 6.39. The van der Waals surface area contributed by atoms with E-state index in [1.807, 2.05) is 27.0 Å². The van der Waals surface area contributed by atoms with Crippen LogP contribution >= 0.6 is 0 Å². The van der Waals surface area contributed by atoms with Crippen molar-refractivity contribution in [1.82, 2.24) is 4.90 Å². The monoisotopic (exact) mass is 234 g/mol. The zero-order valence-electron chi connectivity index (χ0n) is 12.1. The van der Waals surface area contributed by atoms with Crippen LogP contribution in [0, 0.1) is 0 Å². The Labute approximate surface area is 106 Å². The lowest BCUT2D eigenvalue weighted by atomic mass is 10.2. The molecule has 0 aliphatic rings. The van der Waals surface area contributed by atoms with E-state index in [0.717, 1.165) is 12.4 Å². The molecule has 1 rings (SSSR count). The third-order valence-electron chi connectivity index (χ3n) is 2.56. The second kappa shape index (κ2) is 8.80. The predicted molar refractivity (Wildman–Crippen MR) is 77.5 cm³/mol. The molecule has 17 heavy (non-hydrogen) atoms. The van der Waals surface area contributed by atoms with Gasteiger partial charge in [-0.15, -0.1) is 0 Å². The summed E-state index contributed by atoms with van der Waals surface area (Å²) >= 11 is 0. The van der Waals surface area contributed by atoms with Gasteiger partial charge in [-0.1, -0.05) is 44.2 Å². The summed E-state index contributed by atoms with van der Waals surface area (Å²) in [6.07, 6.45) is 0. The lowest BCUT2D eigenvalue weighted by Crippen LogP contribution is -2.34. The van der Waals surface area contributed by atoms with Gasteiger partial charge in [-0.25, -0.2) is 0 Å². The number of amidine groups is 1. The van der Waals surface area contributed by atoms with Crippen LogP contribution in [0.1, 0.15) is 40.2 Å². The largest absolute Gasteiger partial charge is 0.354 e. The van der Waals surface area contributed by atoms with E-state index in [-0.39, 0.29) is 0 Å². The van der Waals surface area contributed by atoms with Crippen molar-refractivity contribution in [1.29, 1.82) is 0 Å². The van der Waals surface area contributed by atoms with Crippen molar-refractivity contribution < 1.29 is 0 Å². The number of rotatable bonds is 3. The van der Waals surface area contributed by atoms with Crippen molar-refractivity contribution in [3.8, 4) is 0 Å². The first-order chi connectivity index (χ1) is 8.15. The summed E-state index contributed by atoms with van der Waals surface area (Å²) in [5, 5.41) is 0. The number of nitrogens with zero attached hydrogens (tertiary/aromatic N) is 2. The molecule has 0 N–H and O–H groups in total. The van der Waals surface area contributed by atoms with E-state index in [1.165, 1.54) is 5.56 Å². The van der Waals surface area contributed by atoms with Gasteiger partial charge in [-0.05, 0) is 26.3 Å². The van der Waals surface area contributed by atoms with Gasteiger partial charge < -0.3 is 4.90 Å². The minimum atomic E-state index is 0.480. The van der Waals surface area contributed by atoms with Crippen LogP contribution in [-0.4, -0.2) is 23.8 Å². The Bertz CT molecular complexity index is 315. The van der Waals surface area contributed by atoms with Gasteiger partial charge in [0.1, 0.15) is 0 Å². The molecule has 0 radical (unpaired) electrons. The molecule has 96 valence electrons. The van der Waals surface area contributed by atoms with E-state index in [1.54, 1.807) is 0 Å². The van der Waals surface area contributed by atoms with Crippen LogP contribution < -0.4 is 0 Å². The van der Waals surface area contributed by atoms with Gasteiger partial charge in [0.05, 0.1) is 5.84 Å². The van der Waals surface area contributed by atoms with E-state index in [9.17, 15) is 0 Å². The standard InChI is InChI=1S/C13H20N2.C2H6/c1-11(2)15(12(3)14-4)10-13-8-6-5-7-9-13;1-2/h5-9,11H,10H2,1-4H3;1-2H3. The fourth-order valence-corrected chi connectivity index (χ4v) is 1.58. The molecule has 2 nitrogen and oxygen atoms in total. The smallest absolute Gasteiger partial charge is 0.0959 e. The topological polar surface area (TPSA) is 15.6 Å². The van der Waals surface area contributed by atoms with Gasteiger partial charge in [0.25, 0.3) is 0 Å².